The number of ketones is 1. The zero-order chi connectivity index (χ0) is 25.2. The average molecular weight is 634 g/mol. The molecule has 0 N–H and O–H groups in total. The van der Waals surface area contributed by atoms with Gasteiger partial charge in [-0.2, -0.15) is 35.1 Å². The molecule has 0 heterocycles. The number of hydrogen-bond acceptors (Lipinski definition) is 1. The van der Waals surface area contributed by atoms with E-state index in [1.165, 1.54) is 0 Å². The van der Waals surface area contributed by atoms with Gasteiger partial charge in [0.1, 0.15) is 5.03 Å². The molecule has 0 saturated heterocycles. The van der Waals surface area contributed by atoms with Crippen LogP contribution >= 0.6 is 92.8 Å². The maximum absolute atomic E-state index is 15.8. The van der Waals surface area contributed by atoms with Crippen LogP contribution in [0.25, 0.3) is 0 Å². The van der Waals surface area contributed by atoms with Crippen molar-refractivity contribution in [2.75, 3.05) is 0 Å². The van der Waals surface area contributed by atoms with Crippen molar-refractivity contribution >= 4 is 98.6 Å². The van der Waals surface area contributed by atoms with Crippen LogP contribution in [-0.4, -0.2) is 53.8 Å². The molecule has 2 aliphatic carbocycles. The quantitative estimate of drug-likeness (QED) is 0.213. The molecular weight excluding hydrogens is 634 g/mol. The Hall–Kier alpha value is 1.03. The second-order valence-electron chi connectivity index (χ2n) is 6.29. The van der Waals surface area contributed by atoms with Crippen LogP contribution in [0.2, 0.25) is 0 Å². The third-order valence-electron chi connectivity index (χ3n) is 4.72. The van der Waals surface area contributed by atoms with E-state index in [9.17, 15) is 44.3 Å². The summed E-state index contributed by atoms with van der Waals surface area (Å²) in [4.78, 5) is 6.25. The van der Waals surface area contributed by atoms with Crippen molar-refractivity contribution in [3.8, 4) is 0 Å². The van der Waals surface area contributed by atoms with Crippen LogP contribution in [0.4, 0.5) is 43.9 Å². The average Bonchev–Trinajstić information content (AvgIpc) is 2.61. The summed E-state index contributed by atoms with van der Waals surface area (Å²) in [5.74, 6) is -30.2. The molecule has 1 saturated carbocycles. The monoisotopic (exact) mass is 630 g/mol. The second kappa shape index (κ2) is 6.83. The minimum absolute atomic E-state index is 2.19. The van der Waals surface area contributed by atoms with Crippen LogP contribution in [0.15, 0.2) is 10.1 Å². The molecule has 1 nitrogen and oxygen atoms in total. The van der Waals surface area contributed by atoms with E-state index >= 15 is 4.39 Å². The molecule has 0 aromatic heterocycles. The molecule has 180 valence electrons. The van der Waals surface area contributed by atoms with Crippen molar-refractivity contribution in [1.29, 1.82) is 0 Å². The Morgan fingerprint density at radius 2 is 0.935 bits per heavy atom. The van der Waals surface area contributed by atoms with Crippen LogP contribution in [0.1, 0.15) is 0 Å². The lowest BCUT2D eigenvalue weighted by molar-refractivity contribution is -0.363. The fourth-order valence-corrected chi connectivity index (χ4v) is 5.47. The highest BCUT2D eigenvalue weighted by molar-refractivity contribution is 6.67. The Bertz CT molecular complexity index is 855. The van der Waals surface area contributed by atoms with E-state index in [1.807, 2.05) is 0 Å². The van der Waals surface area contributed by atoms with Crippen LogP contribution in [0.5, 0.6) is 0 Å². The smallest absolute Gasteiger partial charge is 0.289 e. The van der Waals surface area contributed by atoms with Crippen LogP contribution < -0.4 is 0 Å². The molecule has 0 spiro atoms. The topological polar surface area (TPSA) is 17.1 Å². The van der Waals surface area contributed by atoms with Crippen molar-refractivity contribution in [2.45, 2.75) is 48.0 Å². The minimum Gasteiger partial charge on any atom is -0.289 e. The van der Waals surface area contributed by atoms with E-state index in [4.69, 9.17) is 92.8 Å². The van der Waals surface area contributed by atoms with Gasteiger partial charge in [-0.15, -0.1) is 11.6 Å². The Kier molecular flexibility index (Phi) is 6.22. The highest BCUT2D eigenvalue weighted by Gasteiger charge is 3.03. The van der Waals surface area contributed by atoms with Crippen LogP contribution in [0, 0.1) is 0 Å². The van der Waals surface area contributed by atoms with Crippen molar-refractivity contribution in [3.63, 3.8) is 0 Å². The van der Waals surface area contributed by atoms with Crippen molar-refractivity contribution in [1.82, 2.24) is 0 Å². The summed E-state index contributed by atoms with van der Waals surface area (Å²) in [6, 6.07) is 0. The first-order chi connectivity index (χ1) is 13.2. The van der Waals surface area contributed by atoms with Gasteiger partial charge in [-0.3, -0.25) is 4.79 Å². The van der Waals surface area contributed by atoms with Gasteiger partial charge in [0.2, 0.25) is 10.1 Å². The number of Topliss-reactive ketones (excluding diaryl/α,β-unsaturated/α-hetero) is 1. The Balaban J connectivity index is 3.17. The van der Waals surface area contributed by atoms with Gasteiger partial charge in [0.05, 0.1) is 5.03 Å². The number of hydrogen-bond donors (Lipinski definition) is 0. The molecule has 0 aromatic carbocycles. The van der Waals surface area contributed by atoms with E-state index in [0.29, 0.717) is 0 Å². The van der Waals surface area contributed by atoms with E-state index in [2.05, 4.69) is 0 Å². The lowest BCUT2D eigenvalue weighted by Crippen LogP contribution is -2.90. The number of carbonyl (C=O) groups excluding carboxylic acids is 1. The molecular formula is C12Cl8F10O. The Morgan fingerprint density at radius 1 is 0.548 bits per heavy atom. The predicted molar refractivity (Wildman–Crippen MR) is 94.5 cm³/mol. The number of halogens is 18. The summed E-state index contributed by atoms with van der Waals surface area (Å²) < 4.78 is 136. The molecule has 19 heteroatoms. The van der Waals surface area contributed by atoms with E-state index in [1.54, 1.807) is 0 Å². The third-order valence-corrected chi connectivity index (χ3v) is 9.69. The molecule has 2 aliphatic rings. The molecule has 0 aromatic rings. The summed E-state index contributed by atoms with van der Waals surface area (Å²) >= 11 is 40.1. The van der Waals surface area contributed by atoms with Gasteiger partial charge >= 0.3 is 23.7 Å². The lowest BCUT2D eigenvalue weighted by Gasteiger charge is -2.62. The van der Waals surface area contributed by atoms with Gasteiger partial charge < -0.3 is 0 Å². The van der Waals surface area contributed by atoms with Crippen molar-refractivity contribution in [2.24, 2.45) is 0 Å². The summed E-state index contributed by atoms with van der Waals surface area (Å²) in [6.07, 6.45) is 0. The molecule has 3 atom stereocenters. The molecule has 1 fully saturated rings. The zero-order valence-electron chi connectivity index (χ0n) is 13.2. The van der Waals surface area contributed by atoms with Gasteiger partial charge in [-0.05, 0) is 0 Å². The van der Waals surface area contributed by atoms with E-state index in [0.717, 1.165) is 0 Å². The molecule has 0 amide bonds. The van der Waals surface area contributed by atoms with E-state index in [-0.39, 0.29) is 0 Å². The molecule has 3 unspecified atom stereocenters. The third kappa shape index (κ3) is 2.51. The van der Waals surface area contributed by atoms with Crippen LogP contribution in [-0.2, 0) is 4.79 Å². The maximum Gasteiger partial charge on any atom is 0.377 e. The first-order valence-corrected chi connectivity index (χ1v) is 9.88. The first-order valence-electron chi connectivity index (χ1n) is 6.86. The highest BCUT2D eigenvalue weighted by Crippen LogP contribution is 2.78. The van der Waals surface area contributed by atoms with Crippen molar-refractivity contribution in [3.05, 3.63) is 10.1 Å². The molecule has 0 radical (unpaired) electrons. The zero-order valence-corrected chi connectivity index (χ0v) is 19.3. The molecule has 0 bridgehead atoms. The SMILES string of the molecule is O=C1C(Cl)=C(Cl)C(F)(Cl)C(F)(F)C1(F)C1(Cl)C(F)(F)C(F)(F)C(F)(F)C(Cl)(Cl)C1(Cl)Cl. The van der Waals surface area contributed by atoms with Gasteiger partial charge in [0, 0.05) is 0 Å². The fraction of sp³-hybridized carbons (Fsp3) is 0.750. The van der Waals surface area contributed by atoms with Gasteiger partial charge in [-0.25, -0.2) is 8.78 Å². The minimum atomic E-state index is -7.03. The largest absolute Gasteiger partial charge is 0.377 e. The molecule has 0 aliphatic heterocycles. The number of allylic oxidation sites excluding steroid dienone is 2. The van der Waals surface area contributed by atoms with Crippen LogP contribution in [0.3, 0.4) is 0 Å². The normalized spacial score (nSPS) is 42.5. The molecule has 31 heavy (non-hydrogen) atoms. The molecule has 2 rings (SSSR count). The second-order valence-corrected chi connectivity index (χ2v) is 10.8. The Morgan fingerprint density at radius 3 is 1.32 bits per heavy atom. The van der Waals surface area contributed by atoms with Gasteiger partial charge in [0.15, 0.2) is 9.21 Å². The van der Waals surface area contributed by atoms with E-state index < -0.39 is 63.9 Å². The fourth-order valence-electron chi connectivity index (χ4n) is 2.91. The van der Waals surface area contributed by atoms with Gasteiger partial charge in [-0.1, -0.05) is 81.2 Å². The summed E-state index contributed by atoms with van der Waals surface area (Å²) in [7, 11) is 0. The van der Waals surface area contributed by atoms with Gasteiger partial charge in [0.25, 0.3) is 10.8 Å². The summed E-state index contributed by atoms with van der Waals surface area (Å²) in [6.45, 7) is 0. The number of rotatable bonds is 1. The lowest BCUT2D eigenvalue weighted by atomic mass is 9.64. The predicted octanol–water partition coefficient (Wildman–Crippen LogP) is 7.75. The first kappa shape index (κ1) is 28.3. The maximum atomic E-state index is 15.8. The number of carbonyl (C=O) groups is 1. The number of alkyl halides is 16. The summed E-state index contributed by atoms with van der Waals surface area (Å²) in [5, 5.41) is -9.61. The van der Waals surface area contributed by atoms with Crippen molar-refractivity contribution < 1.29 is 48.7 Å². The Labute approximate surface area is 204 Å². The standard InChI is InChI=1S/C12Cl8F10O/c13-1-2(14)5(15,22)9(23,24)4(21,3(1)31)6(16)7(17,18)8(19,20)11(27,28)12(29,30)10(6,25)26. The summed E-state index contributed by atoms with van der Waals surface area (Å²) in [5.41, 5.74) is -6.31. The highest BCUT2D eigenvalue weighted by atomic mass is 35.5.